The topological polar surface area (TPSA) is 48.1 Å². The van der Waals surface area contributed by atoms with Gasteiger partial charge in [0.05, 0.1) is 22.8 Å². The van der Waals surface area contributed by atoms with Crippen molar-refractivity contribution in [3.8, 4) is 0 Å². The van der Waals surface area contributed by atoms with Gasteiger partial charge in [-0.25, -0.2) is 4.98 Å². The summed E-state index contributed by atoms with van der Waals surface area (Å²) in [6.07, 6.45) is 6.76. The van der Waals surface area contributed by atoms with Crippen molar-refractivity contribution in [2.45, 2.75) is 43.4 Å². The van der Waals surface area contributed by atoms with E-state index in [1.807, 2.05) is 11.6 Å². The Kier molecular flexibility index (Phi) is 1.90. The minimum absolute atomic E-state index is 0.138. The lowest BCUT2D eigenvalue weighted by Gasteiger charge is -2.30. The van der Waals surface area contributed by atoms with Crippen LogP contribution < -0.4 is 5.73 Å². The molecular weight excluding hydrogens is 196 g/mol. The maximum atomic E-state index is 6.38. The van der Waals surface area contributed by atoms with Gasteiger partial charge in [-0.3, -0.25) is 0 Å². The van der Waals surface area contributed by atoms with E-state index in [9.17, 15) is 0 Å². The molecule has 0 aromatic carbocycles. The lowest BCUT2D eigenvalue weighted by atomic mass is 9.80. The largest absolute Gasteiger partial charge is 0.373 e. The molecule has 3 rings (SSSR count). The summed E-state index contributed by atoms with van der Waals surface area (Å²) < 4.78 is 5.79. The van der Waals surface area contributed by atoms with E-state index in [4.69, 9.17) is 10.5 Å². The number of fused-ring (bicyclic) bond motifs is 2. The van der Waals surface area contributed by atoms with Gasteiger partial charge in [0.2, 0.25) is 0 Å². The summed E-state index contributed by atoms with van der Waals surface area (Å²) >= 11 is 1.69. The number of thiazole rings is 1. The van der Waals surface area contributed by atoms with Gasteiger partial charge in [-0.2, -0.15) is 0 Å². The minimum Gasteiger partial charge on any atom is -0.373 e. The molecule has 3 heterocycles. The fraction of sp³-hybridized carbons (Fsp3) is 0.700. The molecule has 4 heteroatoms. The van der Waals surface area contributed by atoms with Crippen molar-refractivity contribution in [2.24, 2.45) is 5.73 Å². The number of rotatable bonds is 2. The van der Waals surface area contributed by atoms with Gasteiger partial charge in [-0.15, -0.1) is 11.3 Å². The van der Waals surface area contributed by atoms with Crippen LogP contribution in [0.5, 0.6) is 0 Å². The molecule has 3 atom stereocenters. The van der Waals surface area contributed by atoms with Crippen molar-refractivity contribution in [2.75, 3.05) is 0 Å². The van der Waals surface area contributed by atoms with Crippen LogP contribution in [0, 0.1) is 0 Å². The van der Waals surface area contributed by atoms with Crippen LogP contribution in [0.25, 0.3) is 0 Å². The molecule has 3 nitrogen and oxygen atoms in total. The Hall–Kier alpha value is -0.450. The van der Waals surface area contributed by atoms with E-state index >= 15 is 0 Å². The molecule has 0 radical (unpaired) electrons. The number of hydrogen-bond donors (Lipinski definition) is 1. The molecule has 1 aromatic heterocycles. The summed E-state index contributed by atoms with van der Waals surface area (Å²) in [7, 11) is 0. The standard InChI is InChI=1S/C10H14N2OS/c11-10(6-9-12-3-4-14-9)5-7-1-2-8(10)13-7/h3-4,7-8H,1-2,5-6,11H2. The van der Waals surface area contributed by atoms with E-state index in [0.29, 0.717) is 6.10 Å². The maximum Gasteiger partial charge on any atom is 0.0944 e. The van der Waals surface area contributed by atoms with E-state index in [1.54, 1.807) is 11.3 Å². The van der Waals surface area contributed by atoms with Crippen molar-refractivity contribution in [3.05, 3.63) is 16.6 Å². The number of nitrogens with zero attached hydrogens (tertiary/aromatic N) is 1. The Bertz CT molecular complexity index is 327. The molecule has 1 aromatic rings. The zero-order chi connectivity index (χ0) is 9.60. The third-order valence-electron chi connectivity index (χ3n) is 3.32. The quantitative estimate of drug-likeness (QED) is 0.801. The molecule has 0 aliphatic carbocycles. The Balaban J connectivity index is 1.78. The number of hydrogen-bond acceptors (Lipinski definition) is 4. The molecule has 0 spiro atoms. The SMILES string of the molecule is NC1(Cc2nccs2)CC2CCC1O2. The molecule has 0 saturated carbocycles. The third kappa shape index (κ3) is 1.29. The average molecular weight is 210 g/mol. The molecule has 76 valence electrons. The van der Waals surface area contributed by atoms with E-state index in [2.05, 4.69) is 4.98 Å². The predicted molar refractivity (Wildman–Crippen MR) is 55.2 cm³/mol. The van der Waals surface area contributed by atoms with Crippen molar-refractivity contribution in [1.29, 1.82) is 0 Å². The van der Waals surface area contributed by atoms with E-state index in [-0.39, 0.29) is 11.6 Å². The van der Waals surface area contributed by atoms with Crippen LogP contribution in [0.15, 0.2) is 11.6 Å². The predicted octanol–water partition coefficient (Wildman–Crippen LogP) is 1.33. The summed E-state index contributed by atoms with van der Waals surface area (Å²) in [4.78, 5) is 4.29. The highest BCUT2D eigenvalue weighted by Crippen LogP contribution is 2.41. The lowest BCUT2D eigenvalue weighted by Crippen LogP contribution is -2.50. The number of ether oxygens (including phenoxy) is 1. The monoisotopic (exact) mass is 210 g/mol. The van der Waals surface area contributed by atoms with Gasteiger partial charge in [-0.1, -0.05) is 0 Å². The fourth-order valence-electron chi connectivity index (χ4n) is 2.64. The highest BCUT2D eigenvalue weighted by Gasteiger charge is 2.50. The first-order valence-corrected chi connectivity index (χ1v) is 5.97. The van der Waals surface area contributed by atoms with Crippen molar-refractivity contribution in [1.82, 2.24) is 4.98 Å². The van der Waals surface area contributed by atoms with Gasteiger partial charge in [0, 0.05) is 18.0 Å². The van der Waals surface area contributed by atoms with Crippen LogP contribution >= 0.6 is 11.3 Å². The van der Waals surface area contributed by atoms with E-state index in [1.165, 1.54) is 6.42 Å². The number of nitrogens with two attached hydrogens (primary N) is 1. The second-order valence-corrected chi connectivity index (χ2v) is 5.34. The van der Waals surface area contributed by atoms with Gasteiger partial charge in [0.15, 0.2) is 0 Å². The third-order valence-corrected chi connectivity index (χ3v) is 4.10. The second kappa shape index (κ2) is 3.02. The van der Waals surface area contributed by atoms with Gasteiger partial charge < -0.3 is 10.5 Å². The van der Waals surface area contributed by atoms with E-state index < -0.39 is 0 Å². The van der Waals surface area contributed by atoms with Crippen molar-refractivity contribution < 1.29 is 4.74 Å². The lowest BCUT2D eigenvalue weighted by molar-refractivity contribution is 0.0856. The summed E-state index contributed by atoms with van der Waals surface area (Å²) in [6.45, 7) is 0. The highest BCUT2D eigenvalue weighted by atomic mass is 32.1. The van der Waals surface area contributed by atoms with Crippen LogP contribution in [-0.4, -0.2) is 22.7 Å². The van der Waals surface area contributed by atoms with Crippen LogP contribution in [0.2, 0.25) is 0 Å². The Morgan fingerprint density at radius 1 is 1.64 bits per heavy atom. The molecule has 2 N–H and O–H groups in total. The van der Waals surface area contributed by atoms with Gasteiger partial charge in [0.1, 0.15) is 0 Å². The Morgan fingerprint density at radius 3 is 3.14 bits per heavy atom. The average Bonchev–Trinajstić information content (AvgIpc) is 2.78. The summed E-state index contributed by atoms with van der Waals surface area (Å²) in [6, 6.07) is 0. The first-order chi connectivity index (χ1) is 6.76. The molecule has 2 saturated heterocycles. The summed E-state index contributed by atoms with van der Waals surface area (Å²) in [5.74, 6) is 0. The minimum atomic E-state index is -0.138. The summed E-state index contributed by atoms with van der Waals surface area (Å²) in [5.41, 5.74) is 6.24. The normalized spacial score (nSPS) is 40.6. The molecule has 2 aliphatic rings. The maximum absolute atomic E-state index is 6.38. The van der Waals surface area contributed by atoms with Crippen LogP contribution in [0.3, 0.4) is 0 Å². The molecule has 2 aliphatic heterocycles. The van der Waals surface area contributed by atoms with E-state index in [0.717, 1.165) is 24.3 Å². The molecule has 0 amide bonds. The molecule has 14 heavy (non-hydrogen) atoms. The molecule has 3 unspecified atom stereocenters. The second-order valence-electron chi connectivity index (χ2n) is 4.36. The van der Waals surface area contributed by atoms with Gasteiger partial charge in [0.25, 0.3) is 0 Å². The van der Waals surface area contributed by atoms with Crippen molar-refractivity contribution >= 4 is 11.3 Å². The molecule has 2 bridgehead atoms. The highest BCUT2D eigenvalue weighted by molar-refractivity contribution is 7.09. The smallest absolute Gasteiger partial charge is 0.0944 e. The zero-order valence-electron chi connectivity index (χ0n) is 7.98. The van der Waals surface area contributed by atoms with Gasteiger partial charge in [-0.05, 0) is 19.3 Å². The van der Waals surface area contributed by atoms with Gasteiger partial charge >= 0.3 is 0 Å². The zero-order valence-corrected chi connectivity index (χ0v) is 8.80. The fourth-order valence-corrected chi connectivity index (χ4v) is 3.39. The molecule has 2 fully saturated rings. The van der Waals surface area contributed by atoms with Crippen LogP contribution in [0.4, 0.5) is 0 Å². The first kappa shape index (κ1) is 8.83. The van der Waals surface area contributed by atoms with Crippen LogP contribution in [-0.2, 0) is 11.2 Å². The Morgan fingerprint density at radius 2 is 2.57 bits per heavy atom. The number of aromatic nitrogens is 1. The summed E-state index contributed by atoms with van der Waals surface area (Å²) in [5, 5.41) is 3.15. The van der Waals surface area contributed by atoms with Crippen LogP contribution in [0.1, 0.15) is 24.3 Å². The first-order valence-electron chi connectivity index (χ1n) is 5.09. The van der Waals surface area contributed by atoms with Crippen molar-refractivity contribution in [3.63, 3.8) is 0 Å². The Labute approximate surface area is 87.3 Å². The molecular formula is C10H14N2OS.